The minimum Gasteiger partial charge on any atom is -0.312 e. The molecule has 1 heterocycles. The van der Waals surface area contributed by atoms with Crippen LogP contribution in [0.15, 0.2) is 0 Å². The molecule has 2 heteroatoms. The number of likely N-dealkylation sites (tertiary alicyclic amines) is 1. The van der Waals surface area contributed by atoms with Gasteiger partial charge in [0, 0.05) is 25.2 Å². The molecule has 1 N–H and O–H groups in total. The summed E-state index contributed by atoms with van der Waals surface area (Å²) in [4.78, 5) is 2.67. The third kappa shape index (κ3) is 3.46. The van der Waals surface area contributed by atoms with Crippen LogP contribution in [0, 0.1) is 11.8 Å². The maximum atomic E-state index is 3.68. The topological polar surface area (TPSA) is 15.3 Å². The van der Waals surface area contributed by atoms with Crippen molar-refractivity contribution in [3.63, 3.8) is 0 Å². The van der Waals surface area contributed by atoms with Crippen LogP contribution in [0.4, 0.5) is 0 Å². The van der Waals surface area contributed by atoms with Gasteiger partial charge in [-0.25, -0.2) is 0 Å². The maximum Gasteiger partial charge on any atom is 0.0221 e. The number of nitrogens with one attached hydrogen (secondary N) is 1. The summed E-state index contributed by atoms with van der Waals surface area (Å²) in [6, 6.07) is 1.35. The molecule has 0 aliphatic carbocycles. The number of hydrogen-bond acceptors (Lipinski definition) is 2. The molecule has 0 aromatic rings. The molecule has 1 aliphatic rings. The van der Waals surface area contributed by atoms with E-state index in [4.69, 9.17) is 0 Å². The summed E-state index contributed by atoms with van der Waals surface area (Å²) in [6.07, 6.45) is 2.47. The highest BCUT2D eigenvalue weighted by atomic mass is 15.2. The van der Waals surface area contributed by atoms with E-state index in [1.165, 1.54) is 25.9 Å². The molecule has 1 saturated heterocycles. The zero-order valence-corrected chi connectivity index (χ0v) is 11.8. The fourth-order valence-corrected chi connectivity index (χ4v) is 2.75. The zero-order valence-electron chi connectivity index (χ0n) is 11.8. The van der Waals surface area contributed by atoms with Crippen molar-refractivity contribution in [2.24, 2.45) is 11.8 Å². The summed E-state index contributed by atoms with van der Waals surface area (Å²) >= 11 is 0. The molecule has 0 bridgehead atoms. The molecule has 0 saturated carbocycles. The molecule has 1 aliphatic heterocycles. The van der Waals surface area contributed by atoms with E-state index in [9.17, 15) is 0 Å². The van der Waals surface area contributed by atoms with Crippen LogP contribution in [-0.4, -0.2) is 36.6 Å². The minimum atomic E-state index is 0.664. The van der Waals surface area contributed by atoms with Gasteiger partial charge >= 0.3 is 0 Å². The van der Waals surface area contributed by atoms with Crippen LogP contribution in [0.3, 0.4) is 0 Å². The van der Waals surface area contributed by atoms with Crippen molar-refractivity contribution >= 4 is 0 Å². The van der Waals surface area contributed by atoms with Crippen LogP contribution >= 0.6 is 0 Å². The molecule has 0 amide bonds. The Morgan fingerprint density at radius 3 is 2.19 bits per heavy atom. The van der Waals surface area contributed by atoms with Crippen LogP contribution in [-0.2, 0) is 0 Å². The Morgan fingerprint density at radius 2 is 1.75 bits per heavy atom. The monoisotopic (exact) mass is 226 g/mol. The van der Waals surface area contributed by atoms with E-state index in [1.54, 1.807) is 0 Å². The van der Waals surface area contributed by atoms with Gasteiger partial charge in [0.15, 0.2) is 0 Å². The largest absolute Gasteiger partial charge is 0.312 e. The first-order valence-corrected chi connectivity index (χ1v) is 7.07. The van der Waals surface area contributed by atoms with E-state index in [0.717, 1.165) is 18.4 Å². The lowest BCUT2D eigenvalue weighted by atomic mass is 10.0. The Balaban J connectivity index is 2.45. The Kier molecular flexibility index (Phi) is 5.77. The normalized spacial score (nSPS) is 30.6. The van der Waals surface area contributed by atoms with E-state index < -0.39 is 0 Å². The highest BCUT2D eigenvalue weighted by Gasteiger charge is 2.31. The second-order valence-corrected chi connectivity index (χ2v) is 5.62. The highest BCUT2D eigenvalue weighted by molar-refractivity contribution is 4.87. The van der Waals surface area contributed by atoms with Crippen molar-refractivity contribution in [3.8, 4) is 0 Å². The summed E-state index contributed by atoms with van der Waals surface area (Å²) in [5.41, 5.74) is 0. The average Bonchev–Trinajstić information content (AvgIpc) is 2.60. The lowest BCUT2D eigenvalue weighted by Gasteiger charge is -2.32. The first-order valence-electron chi connectivity index (χ1n) is 7.07. The van der Waals surface area contributed by atoms with Gasteiger partial charge in [0.25, 0.3) is 0 Å². The standard InChI is InChI=1S/C14H30N2/c1-6-8-15-14(7-2)13(5)16-9-11(3)12(4)10-16/h11-15H,6-10H2,1-5H3. The van der Waals surface area contributed by atoms with Crippen LogP contribution in [0.5, 0.6) is 0 Å². The van der Waals surface area contributed by atoms with Gasteiger partial charge in [-0.05, 0) is 38.1 Å². The predicted octanol–water partition coefficient (Wildman–Crippen LogP) is 2.74. The molecule has 0 radical (unpaired) electrons. The van der Waals surface area contributed by atoms with Crippen LogP contribution in [0.1, 0.15) is 47.5 Å². The molecule has 1 rings (SSSR count). The van der Waals surface area contributed by atoms with Crippen molar-refractivity contribution < 1.29 is 0 Å². The molecular formula is C14H30N2. The second kappa shape index (κ2) is 6.61. The van der Waals surface area contributed by atoms with E-state index in [-0.39, 0.29) is 0 Å². The van der Waals surface area contributed by atoms with Crippen LogP contribution < -0.4 is 5.32 Å². The SMILES string of the molecule is CCCNC(CC)C(C)N1CC(C)C(C)C1. The van der Waals surface area contributed by atoms with Gasteiger partial charge in [-0.1, -0.05) is 27.7 Å². The lowest BCUT2D eigenvalue weighted by Crippen LogP contribution is -2.47. The highest BCUT2D eigenvalue weighted by Crippen LogP contribution is 2.25. The maximum absolute atomic E-state index is 3.68. The Hall–Kier alpha value is -0.0800. The summed E-state index contributed by atoms with van der Waals surface area (Å²) in [5, 5.41) is 3.68. The molecule has 2 nitrogen and oxygen atoms in total. The molecule has 4 unspecified atom stereocenters. The molecule has 16 heavy (non-hydrogen) atoms. The molecule has 0 aromatic carbocycles. The Labute approximate surface area is 102 Å². The van der Waals surface area contributed by atoms with Crippen molar-refractivity contribution in [3.05, 3.63) is 0 Å². The Morgan fingerprint density at radius 1 is 1.19 bits per heavy atom. The fourth-order valence-electron chi connectivity index (χ4n) is 2.75. The Bertz CT molecular complexity index is 183. The van der Waals surface area contributed by atoms with Crippen LogP contribution in [0.25, 0.3) is 0 Å². The minimum absolute atomic E-state index is 0.664. The first kappa shape index (κ1) is 14.0. The average molecular weight is 226 g/mol. The zero-order chi connectivity index (χ0) is 12.1. The van der Waals surface area contributed by atoms with Gasteiger partial charge in [-0.15, -0.1) is 0 Å². The van der Waals surface area contributed by atoms with Gasteiger partial charge in [0.05, 0.1) is 0 Å². The van der Waals surface area contributed by atoms with Crippen molar-refractivity contribution in [2.75, 3.05) is 19.6 Å². The molecule has 4 atom stereocenters. The van der Waals surface area contributed by atoms with Gasteiger partial charge in [0.1, 0.15) is 0 Å². The van der Waals surface area contributed by atoms with Crippen molar-refractivity contribution in [1.29, 1.82) is 0 Å². The fraction of sp³-hybridized carbons (Fsp3) is 1.00. The lowest BCUT2D eigenvalue weighted by molar-refractivity contribution is 0.194. The number of rotatable bonds is 6. The third-order valence-electron chi connectivity index (χ3n) is 4.27. The summed E-state index contributed by atoms with van der Waals surface area (Å²) < 4.78 is 0. The summed E-state index contributed by atoms with van der Waals surface area (Å²) in [7, 11) is 0. The first-order chi connectivity index (χ1) is 7.60. The summed E-state index contributed by atoms with van der Waals surface area (Å²) in [5.74, 6) is 1.73. The summed E-state index contributed by atoms with van der Waals surface area (Å²) in [6.45, 7) is 15.4. The molecule has 1 fully saturated rings. The van der Waals surface area contributed by atoms with E-state index in [1.807, 2.05) is 0 Å². The molecule has 96 valence electrons. The van der Waals surface area contributed by atoms with Crippen molar-refractivity contribution in [1.82, 2.24) is 10.2 Å². The van der Waals surface area contributed by atoms with Gasteiger partial charge in [-0.3, -0.25) is 4.90 Å². The number of nitrogens with zero attached hydrogens (tertiary/aromatic N) is 1. The van der Waals surface area contributed by atoms with Gasteiger partial charge in [0.2, 0.25) is 0 Å². The van der Waals surface area contributed by atoms with E-state index in [0.29, 0.717) is 12.1 Å². The molecular weight excluding hydrogens is 196 g/mol. The van der Waals surface area contributed by atoms with E-state index >= 15 is 0 Å². The molecule has 0 spiro atoms. The van der Waals surface area contributed by atoms with E-state index in [2.05, 4.69) is 44.8 Å². The molecule has 0 aromatic heterocycles. The van der Waals surface area contributed by atoms with Crippen molar-refractivity contribution in [2.45, 2.75) is 59.5 Å². The quantitative estimate of drug-likeness (QED) is 0.749. The number of hydrogen-bond donors (Lipinski definition) is 1. The second-order valence-electron chi connectivity index (χ2n) is 5.62. The van der Waals surface area contributed by atoms with Gasteiger partial charge < -0.3 is 5.32 Å². The van der Waals surface area contributed by atoms with Gasteiger partial charge in [-0.2, -0.15) is 0 Å². The van der Waals surface area contributed by atoms with Crippen LogP contribution in [0.2, 0.25) is 0 Å². The smallest absolute Gasteiger partial charge is 0.0221 e. The third-order valence-corrected chi connectivity index (χ3v) is 4.27. The predicted molar refractivity (Wildman–Crippen MR) is 71.7 cm³/mol.